The Hall–Kier alpha value is -2.03. The lowest BCUT2D eigenvalue weighted by molar-refractivity contribution is -0.301. The topological polar surface area (TPSA) is 193 Å². The number of aliphatic hydroxyl groups excluding tert-OH is 4. The summed E-state index contributed by atoms with van der Waals surface area (Å²) in [6, 6.07) is -1.38. The molecule has 1 heterocycles. The van der Waals surface area contributed by atoms with Crippen LogP contribution in [0.15, 0.2) is 0 Å². The Morgan fingerprint density at radius 3 is 2.27 bits per heavy atom. The SMILES string of the molecule is COC(=O)CNC(=O)[C@H](CO[C@@H]1O[C@H](CO)[C@H](O)[C@H](O)[C@H]1O)NC(=O)OC(C)(C)C. The zero-order valence-corrected chi connectivity index (χ0v) is 17.2. The summed E-state index contributed by atoms with van der Waals surface area (Å²) in [5.41, 5.74) is -0.852. The predicted molar refractivity (Wildman–Crippen MR) is 97.9 cm³/mol. The van der Waals surface area contributed by atoms with Gasteiger partial charge in [-0.05, 0) is 20.8 Å². The van der Waals surface area contributed by atoms with Gasteiger partial charge in [-0.3, -0.25) is 9.59 Å². The molecule has 13 nitrogen and oxygen atoms in total. The van der Waals surface area contributed by atoms with Crippen LogP contribution in [-0.2, 0) is 28.5 Å². The van der Waals surface area contributed by atoms with Crippen molar-refractivity contribution in [1.29, 1.82) is 0 Å². The highest BCUT2D eigenvalue weighted by molar-refractivity contribution is 5.88. The molecule has 174 valence electrons. The van der Waals surface area contributed by atoms with Crippen molar-refractivity contribution in [2.75, 3.05) is 26.9 Å². The highest BCUT2D eigenvalue weighted by Crippen LogP contribution is 2.22. The molecule has 1 rings (SSSR count). The van der Waals surface area contributed by atoms with Crippen molar-refractivity contribution in [2.24, 2.45) is 0 Å². The zero-order chi connectivity index (χ0) is 23.1. The summed E-state index contributed by atoms with van der Waals surface area (Å²) in [5, 5.41) is 43.3. The van der Waals surface area contributed by atoms with E-state index in [1.54, 1.807) is 20.8 Å². The molecule has 0 unspecified atom stereocenters. The van der Waals surface area contributed by atoms with Crippen molar-refractivity contribution in [3.63, 3.8) is 0 Å². The Labute approximate surface area is 173 Å². The van der Waals surface area contributed by atoms with Gasteiger partial charge in [-0.25, -0.2) is 4.79 Å². The first-order chi connectivity index (χ1) is 13.9. The van der Waals surface area contributed by atoms with E-state index in [2.05, 4.69) is 15.4 Å². The van der Waals surface area contributed by atoms with Crippen LogP contribution in [0.5, 0.6) is 0 Å². The molecule has 0 aromatic rings. The van der Waals surface area contributed by atoms with Gasteiger partial charge in [0, 0.05) is 0 Å². The predicted octanol–water partition coefficient (Wildman–Crippen LogP) is -3.01. The van der Waals surface area contributed by atoms with Crippen LogP contribution >= 0.6 is 0 Å². The Bertz CT molecular complexity index is 593. The van der Waals surface area contributed by atoms with E-state index in [1.165, 1.54) is 0 Å². The first kappa shape index (κ1) is 26.0. The van der Waals surface area contributed by atoms with Gasteiger partial charge in [0.25, 0.3) is 0 Å². The maximum Gasteiger partial charge on any atom is 0.408 e. The molecule has 6 atom stereocenters. The zero-order valence-electron chi connectivity index (χ0n) is 17.2. The maximum absolute atomic E-state index is 12.4. The lowest BCUT2D eigenvalue weighted by atomic mass is 9.99. The lowest BCUT2D eigenvalue weighted by Gasteiger charge is -2.39. The van der Waals surface area contributed by atoms with Crippen LogP contribution in [-0.4, -0.2) is 108 Å². The second-order valence-electron chi connectivity index (χ2n) is 7.52. The van der Waals surface area contributed by atoms with Crippen LogP contribution in [0.3, 0.4) is 0 Å². The van der Waals surface area contributed by atoms with Gasteiger partial charge in [-0.1, -0.05) is 0 Å². The Balaban J connectivity index is 2.81. The Morgan fingerprint density at radius 1 is 1.10 bits per heavy atom. The number of carbonyl (C=O) groups excluding carboxylic acids is 3. The van der Waals surface area contributed by atoms with Crippen LogP contribution in [0.2, 0.25) is 0 Å². The molecule has 1 aliphatic heterocycles. The van der Waals surface area contributed by atoms with Gasteiger partial charge >= 0.3 is 12.1 Å². The molecule has 1 aliphatic rings. The molecule has 0 radical (unpaired) electrons. The van der Waals surface area contributed by atoms with Crippen molar-refractivity contribution in [2.45, 2.75) is 63.1 Å². The lowest BCUT2D eigenvalue weighted by Crippen LogP contribution is -2.60. The maximum atomic E-state index is 12.4. The first-order valence-electron chi connectivity index (χ1n) is 9.15. The molecular formula is C17H30N2O11. The van der Waals surface area contributed by atoms with Crippen molar-refractivity contribution >= 4 is 18.0 Å². The number of amides is 2. The van der Waals surface area contributed by atoms with Crippen LogP contribution < -0.4 is 10.6 Å². The number of alkyl carbamates (subject to hydrolysis) is 1. The second-order valence-corrected chi connectivity index (χ2v) is 7.52. The van der Waals surface area contributed by atoms with E-state index < -0.39 is 80.1 Å². The summed E-state index contributed by atoms with van der Waals surface area (Å²) >= 11 is 0. The number of methoxy groups -OCH3 is 1. The van der Waals surface area contributed by atoms with Crippen molar-refractivity contribution in [3.8, 4) is 0 Å². The molecule has 0 saturated carbocycles. The number of hydrogen-bond donors (Lipinski definition) is 6. The van der Waals surface area contributed by atoms with Crippen molar-refractivity contribution < 1.29 is 53.8 Å². The van der Waals surface area contributed by atoms with Gasteiger partial charge in [-0.15, -0.1) is 0 Å². The summed E-state index contributed by atoms with van der Waals surface area (Å²) in [4.78, 5) is 35.6. The number of carbonyl (C=O) groups is 3. The monoisotopic (exact) mass is 438 g/mol. The van der Waals surface area contributed by atoms with E-state index in [-0.39, 0.29) is 0 Å². The summed E-state index contributed by atoms with van der Waals surface area (Å²) in [7, 11) is 1.13. The third-order valence-electron chi connectivity index (χ3n) is 3.92. The standard InChI is InChI=1S/C17H30N2O11/c1-17(2,3)30-16(26)19-8(14(25)18-5-10(21)27-4)7-28-15-13(24)12(23)11(22)9(6-20)29-15/h8-9,11-13,15,20,22-24H,5-7H2,1-4H3,(H,18,25)(H,19,26)/t8-,9+,11-,12-,13+,15+/m0/s1. The number of hydrogen-bond acceptors (Lipinski definition) is 11. The van der Waals surface area contributed by atoms with Crippen LogP contribution in [0, 0.1) is 0 Å². The number of aliphatic hydroxyl groups is 4. The van der Waals surface area contributed by atoms with Gasteiger partial charge < -0.3 is 50.0 Å². The molecule has 0 spiro atoms. The van der Waals surface area contributed by atoms with E-state index in [9.17, 15) is 34.8 Å². The first-order valence-corrected chi connectivity index (χ1v) is 9.15. The van der Waals surface area contributed by atoms with E-state index in [0.29, 0.717) is 0 Å². The quantitative estimate of drug-likeness (QED) is 0.211. The van der Waals surface area contributed by atoms with Crippen molar-refractivity contribution in [1.82, 2.24) is 10.6 Å². The fourth-order valence-electron chi connectivity index (χ4n) is 2.38. The Kier molecular flexibility index (Phi) is 9.87. The van der Waals surface area contributed by atoms with Gasteiger partial charge in [0.2, 0.25) is 5.91 Å². The van der Waals surface area contributed by atoms with Crippen molar-refractivity contribution in [3.05, 3.63) is 0 Å². The fourth-order valence-corrected chi connectivity index (χ4v) is 2.38. The molecule has 0 aliphatic carbocycles. The largest absolute Gasteiger partial charge is 0.468 e. The summed E-state index contributed by atoms with van der Waals surface area (Å²) in [5.74, 6) is -1.55. The number of esters is 1. The van der Waals surface area contributed by atoms with Gasteiger partial charge in [-0.2, -0.15) is 0 Å². The minimum atomic E-state index is -1.69. The normalized spacial score (nSPS) is 27.7. The minimum Gasteiger partial charge on any atom is -0.468 e. The molecule has 6 N–H and O–H groups in total. The van der Waals surface area contributed by atoms with Gasteiger partial charge in [0.05, 0.1) is 20.3 Å². The molecular weight excluding hydrogens is 408 g/mol. The molecule has 1 saturated heterocycles. The smallest absolute Gasteiger partial charge is 0.408 e. The third-order valence-corrected chi connectivity index (χ3v) is 3.92. The summed E-state index contributed by atoms with van der Waals surface area (Å²) in [6.45, 7) is 3.15. The van der Waals surface area contributed by atoms with E-state index in [1.807, 2.05) is 0 Å². The third kappa shape index (κ3) is 8.01. The van der Waals surface area contributed by atoms with Crippen LogP contribution in [0.1, 0.15) is 20.8 Å². The molecule has 1 fully saturated rings. The highest BCUT2D eigenvalue weighted by atomic mass is 16.7. The minimum absolute atomic E-state index is 0.470. The van der Waals surface area contributed by atoms with E-state index >= 15 is 0 Å². The van der Waals surface area contributed by atoms with Crippen LogP contribution in [0.25, 0.3) is 0 Å². The Morgan fingerprint density at radius 2 is 1.73 bits per heavy atom. The van der Waals surface area contributed by atoms with Gasteiger partial charge in [0.1, 0.15) is 42.6 Å². The molecule has 0 aromatic carbocycles. The summed E-state index contributed by atoms with van der Waals surface area (Å²) in [6.07, 6.45) is -8.62. The van der Waals surface area contributed by atoms with E-state index in [4.69, 9.17) is 14.2 Å². The van der Waals surface area contributed by atoms with E-state index in [0.717, 1.165) is 7.11 Å². The average molecular weight is 438 g/mol. The average Bonchev–Trinajstić information content (AvgIpc) is 2.66. The number of nitrogens with one attached hydrogen (secondary N) is 2. The molecule has 30 heavy (non-hydrogen) atoms. The second kappa shape index (κ2) is 11.4. The number of ether oxygens (including phenoxy) is 4. The number of rotatable bonds is 8. The van der Waals surface area contributed by atoms with Gasteiger partial charge in [0.15, 0.2) is 6.29 Å². The molecule has 0 bridgehead atoms. The summed E-state index contributed by atoms with van der Waals surface area (Å²) < 4.78 is 20.0. The molecule has 0 aromatic heterocycles. The molecule has 13 heteroatoms. The fraction of sp³-hybridized carbons (Fsp3) is 0.824. The molecule has 2 amide bonds. The van der Waals surface area contributed by atoms with Crippen LogP contribution in [0.4, 0.5) is 4.79 Å². The highest BCUT2D eigenvalue weighted by Gasteiger charge is 2.44.